The first kappa shape index (κ1) is 9.83. The minimum absolute atomic E-state index is 0.0256. The summed E-state index contributed by atoms with van der Waals surface area (Å²) in [6.45, 7) is 2.11. The lowest BCUT2D eigenvalue weighted by molar-refractivity contribution is 0.101. The Kier molecular flexibility index (Phi) is 2.49. The molecule has 0 fully saturated rings. The van der Waals surface area contributed by atoms with Crippen LogP contribution in [-0.2, 0) is 6.42 Å². The fraction of sp³-hybridized carbons (Fsp3) is 0.364. The molecule has 0 aliphatic carbocycles. The van der Waals surface area contributed by atoms with Crippen molar-refractivity contribution in [3.05, 3.63) is 34.2 Å². The Morgan fingerprint density at radius 1 is 1.47 bits per heavy atom. The highest BCUT2D eigenvalue weighted by atomic mass is 16.3. The number of anilines is 1. The topological polar surface area (TPSA) is 49.7 Å². The van der Waals surface area contributed by atoms with Crippen LogP contribution in [0.4, 0.5) is 5.69 Å². The van der Waals surface area contributed by atoms with Gasteiger partial charge in [0.1, 0.15) is 0 Å². The van der Waals surface area contributed by atoms with Gasteiger partial charge in [0, 0.05) is 12.1 Å². The number of aryl methyl sites for hydroxylation is 1. The average Bonchev–Trinajstić information content (AvgIpc) is 2.27. The Bertz CT molecular complexity index is 415. The molecule has 2 rings (SSSR count). The lowest BCUT2D eigenvalue weighted by atomic mass is 9.97. The Hall–Kier alpha value is -1.71. The maximum absolute atomic E-state index is 11.4. The minimum atomic E-state index is -0.0256. The van der Waals surface area contributed by atoms with Gasteiger partial charge < -0.3 is 0 Å². The molecule has 0 aromatic heterocycles. The Balaban J connectivity index is 2.59. The quantitative estimate of drug-likeness (QED) is 0.548. The number of carbonyl (C=O) groups excluding carboxylic acids is 1. The van der Waals surface area contributed by atoms with Crippen LogP contribution in [0.1, 0.15) is 29.3 Å². The van der Waals surface area contributed by atoms with Crippen LogP contribution in [0.5, 0.6) is 0 Å². The number of fused-ring (bicyclic) bond motifs is 1. The zero-order valence-corrected chi connectivity index (χ0v) is 8.56. The molecule has 1 heterocycles. The SMILES string of the molecule is CC(=O)c1cccc2c1N(N=O)CCC2. The summed E-state index contributed by atoms with van der Waals surface area (Å²) in [7, 11) is 0. The molecule has 1 aliphatic heterocycles. The summed E-state index contributed by atoms with van der Waals surface area (Å²) in [6, 6.07) is 5.54. The van der Waals surface area contributed by atoms with Gasteiger partial charge in [0.25, 0.3) is 0 Å². The summed E-state index contributed by atoms with van der Waals surface area (Å²) in [5.41, 5.74) is 2.33. The molecular formula is C11H12N2O2. The van der Waals surface area contributed by atoms with Crippen LogP contribution < -0.4 is 5.01 Å². The first-order valence-corrected chi connectivity index (χ1v) is 4.97. The van der Waals surface area contributed by atoms with E-state index in [1.165, 1.54) is 11.9 Å². The lowest BCUT2D eigenvalue weighted by Gasteiger charge is -2.25. The monoisotopic (exact) mass is 204 g/mol. The van der Waals surface area contributed by atoms with Gasteiger partial charge in [-0.1, -0.05) is 12.1 Å². The molecule has 0 saturated carbocycles. The molecule has 1 aromatic carbocycles. The third-order valence-corrected chi connectivity index (χ3v) is 2.67. The van der Waals surface area contributed by atoms with E-state index in [-0.39, 0.29) is 5.78 Å². The molecule has 0 spiro atoms. The van der Waals surface area contributed by atoms with E-state index in [1.807, 2.05) is 12.1 Å². The molecule has 0 saturated heterocycles. The fourth-order valence-electron chi connectivity index (χ4n) is 1.99. The number of carbonyl (C=O) groups is 1. The first-order chi connectivity index (χ1) is 7.24. The van der Waals surface area contributed by atoms with Crippen LogP contribution >= 0.6 is 0 Å². The number of nitrogens with zero attached hydrogens (tertiary/aromatic N) is 2. The highest BCUT2D eigenvalue weighted by Crippen LogP contribution is 2.31. The molecule has 1 aromatic rings. The van der Waals surface area contributed by atoms with Gasteiger partial charge in [-0.15, -0.1) is 4.91 Å². The van der Waals surface area contributed by atoms with Gasteiger partial charge in [-0.3, -0.25) is 4.79 Å². The zero-order chi connectivity index (χ0) is 10.8. The summed E-state index contributed by atoms with van der Waals surface area (Å²) in [4.78, 5) is 22.1. The van der Waals surface area contributed by atoms with Crippen molar-refractivity contribution in [3.63, 3.8) is 0 Å². The number of Topliss-reactive ketones (excluding diaryl/α,β-unsaturated/α-hetero) is 1. The third kappa shape index (κ3) is 1.63. The number of benzene rings is 1. The largest absolute Gasteiger partial charge is 0.294 e. The van der Waals surface area contributed by atoms with Crippen LogP contribution in [0.2, 0.25) is 0 Å². The van der Waals surface area contributed by atoms with Crippen molar-refractivity contribution in [2.45, 2.75) is 19.8 Å². The normalized spacial score (nSPS) is 14.6. The summed E-state index contributed by atoms with van der Waals surface area (Å²) in [5, 5.41) is 4.35. The van der Waals surface area contributed by atoms with E-state index >= 15 is 0 Å². The molecular weight excluding hydrogens is 192 g/mol. The number of hydrogen-bond donors (Lipinski definition) is 0. The summed E-state index contributed by atoms with van der Waals surface area (Å²) < 4.78 is 0. The second kappa shape index (κ2) is 3.81. The predicted molar refractivity (Wildman–Crippen MR) is 57.9 cm³/mol. The molecule has 15 heavy (non-hydrogen) atoms. The van der Waals surface area contributed by atoms with Gasteiger partial charge in [-0.05, 0) is 31.4 Å². The molecule has 0 bridgehead atoms. The third-order valence-electron chi connectivity index (χ3n) is 2.67. The van der Waals surface area contributed by atoms with Crippen molar-refractivity contribution in [1.29, 1.82) is 0 Å². The zero-order valence-electron chi connectivity index (χ0n) is 8.56. The number of nitroso groups, excluding NO2 is 1. The van der Waals surface area contributed by atoms with Crippen molar-refractivity contribution in [2.24, 2.45) is 5.29 Å². The fourth-order valence-corrected chi connectivity index (χ4v) is 1.99. The number of ketones is 1. The molecule has 4 nitrogen and oxygen atoms in total. The van der Waals surface area contributed by atoms with Crippen molar-refractivity contribution in [3.8, 4) is 0 Å². The number of rotatable bonds is 2. The Morgan fingerprint density at radius 3 is 2.93 bits per heavy atom. The molecule has 0 atom stereocenters. The van der Waals surface area contributed by atoms with Crippen LogP contribution in [0.15, 0.2) is 23.5 Å². The van der Waals surface area contributed by atoms with Gasteiger partial charge in [-0.2, -0.15) is 0 Å². The molecule has 4 heteroatoms. The Morgan fingerprint density at radius 2 is 2.27 bits per heavy atom. The number of para-hydroxylation sites is 1. The Labute approximate surface area is 87.8 Å². The van der Waals surface area contributed by atoms with E-state index in [0.717, 1.165) is 18.4 Å². The van der Waals surface area contributed by atoms with Crippen LogP contribution in [-0.4, -0.2) is 12.3 Å². The first-order valence-electron chi connectivity index (χ1n) is 4.97. The van der Waals surface area contributed by atoms with Crippen LogP contribution in [0, 0.1) is 4.91 Å². The van der Waals surface area contributed by atoms with Crippen LogP contribution in [0.3, 0.4) is 0 Å². The van der Waals surface area contributed by atoms with Gasteiger partial charge in [0.15, 0.2) is 5.78 Å². The average molecular weight is 204 g/mol. The summed E-state index contributed by atoms with van der Waals surface area (Å²) in [5.74, 6) is -0.0256. The van der Waals surface area contributed by atoms with Crippen molar-refractivity contribution in [2.75, 3.05) is 11.6 Å². The van der Waals surface area contributed by atoms with Gasteiger partial charge >= 0.3 is 0 Å². The smallest absolute Gasteiger partial charge is 0.161 e. The van der Waals surface area contributed by atoms with Crippen molar-refractivity contribution in [1.82, 2.24) is 0 Å². The lowest BCUT2D eigenvalue weighted by Crippen LogP contribution is -2.25. The summed E-state index contributed by atoms with van der Waals surface area (Å²) >= 11 is 0. The molecule has 0 radical (unpaired) electrons. The van der Waals surface area contributed by atoms with E-state index in [1.54, 1.807) is 6.07 Å². The highest BCUT2D eigenvalue weighted by molar-refractivity contribution is 6.00. The molecule has 78 valence electrons. The minimum Gasteiger partial charge on any atom is -0.294 e. The second-order valence-electron chi connectivity index (χ2n) is 3.68. The van der Waals surface area contributed by atoms with E-state index in [0.29, 0.717) is 17.8 Å². The van der Waals surface area contributed by atoms with Crippen molar-refractivity contribution >= 4 is 11.5 Å². The van der Waals surface area contributed by atoms with Crippen LogP contribution in [0.25, 0.3) is 0 Å². The van der Waals surface area contributed by atoms with E-state index in [2.05, 4.69) is 5.29 Å². The van der Waals surface area contributed by atoms with E-state index in [9.17, 15) is 9.70 Å². The second-order valence-corrected chi connectivity index (χ2v) is 3.68. The number of hydrogen-bond acceptors (Lipinski definition) is 3. The molecule has 1 aliphatic rings. The summed E-state index contributed by atoms with van der Waals surface area (Å²) in [6.07, 6.45) is 1.81. The van der Waals surface area contributed by atoms with E-state index in [4.69, 9.17) is 0 Å². The predicted octanol–water partition coefficient (Wildman–Crippen LogP) is 2.32. The maximum Gasteiger partial charge on any atom is 0.161 e. The van der Waals surface area contributed by atoms with E-state index < -0.39 is 0 Å². The highest BCUT2D eigenvalue weighted by Gasteiger charge is 2.22. The molecule has 0 N–H and O–H groups in total. The van der Waals surface area contributed by atoms with Gasteiger partial charge in [0.2, 0.25) is 0 Å². The van der Waals surface area contributed by atoms with Gasteiger partial charge in [0.05, 0.1) is 11.0 Å². The van der Waals surface area contributed by atoms with Gasteiger partial charge in [-0.25, -0.2) is 5.01 Å². The maximum atomic E-state index is 11.4. The standard InChI is InChI=1S/C11H12N2O2/c1-8(14)10-6-2-4-9-5-3-7-13(12-15)11(9)10/h2,4,6H,3,5,7H2,1H3. The molecule has 0 amide bonds. The van der Waals surface area contributed by atoms with Crippen molar-refractivity contribution < 1.29 is 4.79 Å². The molecule has 0 unspecified atom stereocenters.